The molecule has 0 aliphatic heterocycles. The zero-order chi connectivity index (χ0) is 10.3. The predicted molar refractivity (Wildman–Crippen MR) is 47.1 cm³/mol. The Hall–Kier alpha value is -0.220. The summed E-state index contributed by atoms with van der Waals surface area (Å²) in [7, 11) is 0. The van der Waals surface area contributed by atoms with Crippen molar-refractivity contribution in [2.24, 2.45) is 0 Å². The summed E-state index contributed by atoms with van der Waals surface area (Å²) in [4.78, 5) is 0. The Balaban J connectivity index is 3.54. The molecule has 0 spiro atoms. The summed E-state index contributed by atoms with van der Waals surface area (Å²) in [6.45, 7) is 4.59. The van der Waals surface area contributed by atoms with Crippen LogP contribution in [0.4, 0.5) is 8.78 Å². The normalized spacial score (nSPS) is 12.5. The van der Waals surface area contributed by atoms with Gasteiger partial charge in [0, 0.05) is 6.61 Å². The van der Waals surface area contributed by atoms with Crippen molar-refractivity contribution in [3.05, 3.63) is 0 Å². The van der Waals surface area contributed by atoms with Gasteiger partial charge in [0.25, 0.3) is 5.92 Å². The Morgan fingerprint density at radius 3 is 2.31 bits per heavy atom. The maximum Gasteiger partial charge on any atom is 0.293 e. The van der Waals surface area contributed by atoms with Crippen molar-refractivity contribution in [3.63, 3.8) is 0 Å². The van der Waals surface area contributed by atoms with Gasteiger partial charge in [-0.15, -0.1) is 0 Å². The second-order valence-corrected chi connectivity index (χ2v) is 3.27. The molecule has 0 bridgehead atoms. The Labute approximate surface area is 78.2 Å². The zero-order valence-electron chi connectivity index (χ0n) is 8.48. The molecule has 0 amide bonds. The molecule has 0 aliphatic rings. The van der Waals surface area contributed by atoms with Crippen LogP contribution in [-0.2, 0) is 9.47 Å². The van der Waals surface area contributed by atoms with Crippen LogP contribution in [0, 0.1) is 0 Å². The number of hydrogen-bond donors (Lipinski definition) is 0. The molecule has 0 aromatic carbocycles. The monoisotopic (exact) mass is 196 g/mol. The number of halogens is 2. The lowest BCUT2D eigenvalue weighted by atomic mass is 10.4. The van der Waals surface area contributed by atoms with E-state index in [9.17, 15) is 8.78 Å². The summed E-state index contributed by atoms with van der Waals surface area (Å²) in [6.07, 6.45) is 0.582. The van der Waals surface area contributed by atoms with Gasteiger partial charge >= 0.3 is 0 Å². The molecule has 0 aromatic heterocycles. The van der Waals surface area contributed by atoms with Crippen LogP contribution in [0.3, 0.4) is 0 Å². The number of ether oxygens (including phenoxy) is 2. The lowest BCUT2D eigenvalue weighted by molar-refractivity contribution is -0.133. The highest BCUT2D eigenvalue weighted by Gasteiger charge is 2.29. The summed E-state index contributed by atoms with van der Waals surface area (Å²) < 4.78 is 35.3. The van der Waals surface area contributed by atoms with Crippen molar-refractivity contribution in [2.45, 2.75) is 39.2 Å². The Morgan fingerprint density at radius 1 is 1.23 bits per heavy atom. The molecule has 0 unspecified atom stereocenters. The van der Waals surface area contributed by atoms with Gasteiger partial charge in [0.2, 0.25) is 0 Å². The van der Waals surface area contributed by atoms with E-state index in [0.29, 0.717) is 6.61 Å². The Kier molecular flexibility index (Phi) is 6.16. The smallest absolute Gasteiger partial charge is 0.293 e. The van der Waals surface area contributed by atoms with Gasteiger partial charge in [-0.1, -0.05) is 6.92 Å². The summed E-state index contributed by atoms with van der Waals surface area (Å²) in [6, 6.07) is 0. The summed E-state index contributed by atoms with van der Waals surface area (Å²) >= 11 is 0. The van der Waals surface area contributed by atoms with Crippen molar-refractivity contribution in [1.82, 2.24) is 0 Å². The second kappa shape index (κ2) is 6.27. The summed E-state index contributed by atoms with van der Waals surface area (Å²) in [5.74, 6) is -2.86. The molecule has 0 saturated carbocycles. The third-order valence-electron chi connectivity index (χ3n) is 1.29. The summed E-state index contributed by atoms with van der Waals surface area (Å²) in [5.41, 5.74) is 0. The molecule has 0 saturated heterocycles. The van der Waals surface area contributed by atoms with E-state index >= 15 is 0 Å². The van der Waals surface area contributed by atoms with Gasteiger partial charge in [-0.3, -0.25) is 0 Å². The van der Waals surface area contributed by atoms with Crippen molar-refractivity contribution in [3.8, 4) is 0 Å². The number of hydrogen-bond acceptors (Lipinski definition) is 2. The third kappa shape index (κ3) is 8.12. The van der Waals surface area contributed by atoms with Crippen LogP contribution < -0.4 is 0 Å². The molecule has 0 atom stereocenters. The second-order valence-electron chi connectivity index (χ2n) is 3.27. The van der Waals surface area contributed by atoms with Crippen molar-refractivity contribution < 1.29 is 18.3 Å². The summed E-state index contributed by atoms with van der Waals surface area (Å²) in [5, 5.41) is 0. The van der Waals surface area contributed by atoms with E-state index in [1.54, 1.807) is 13.8 Å². The molecule has 2 nitrogen and oxygen atoms in total. The first-order valence-electron chi connectivity index (χ1n) is 4.55. The number of rotatable bonds is 7. The van der Waals surface area contributed by atoms with Gasteiger partial charge in [0.1, 0.15) is 13.2 Å². The van der Waals surface area contributed by atoms with Crippen LogP contribution in [0.1, 0.15) is 27.2 Å². The fraction of sp³-hybridized carbons (Fsp3) is 1.00. The molecule has 80 valence electrons. The van der Waals surface area contributed by atoms with E-state index in [2.05, 4.69) is 0 Å². The van der Waals surface area contributed by atoms with E-state index in [1.807, 2.05) is 6.92 Å². The van der Waals surface area contributed by atoms with Gasteiger partial charge < -0.3 is 9.47 Å². The Bertz CT molecular complexity index is 127. The van der Waals surface area contributed by atoms with Crippen LogP contribution in [0.2, 0.25) is 0 Å². The third-order valence-corrected chi connectivity index (χ3v) is 1.29. The molecule has 0 radical (unpaired) electrons. The van der Waals surface area contributed by atoms with Crippen LogP contribution >= 0.6 is 0 Å². The largest absolute Gasteiger partial charge is 0.375 e. The van der Waals surface area contributed by atoms with Gasteiger partial charge in [0.05, 0.1) is 6.10 Å². The molecule has 0 aliphatic carbocycles. The van der Waals surface area contributed by atoms with E-state index in [-0.39, 0.29) is 6.10 Å². The van der Waals surface area contributed by atoms with Crippen LogP contribution in [0.15, 0.2) is 0 Å². The van der Waals surface area contributed by atoms with E-state index < -0.39 is 19.1 Å². The fourth-order valence-electron chi connectivity index (χ4n) is 0.696. The van der Waals surface area contributed by atoms with E-state index in [1.165, 1.54) is 0 Å². The minimum atomic E-state index is -2.86. The average molecular weight is 196 g/mol. The molecule has 0 aromatic rings. The first-order valence-corrected chi connectivity index (χ1v) is 4.55. The van der Waals surface area contributed by atoms with Crippen LogP contribution in [0.5, 0.6) is 0 Å². The zero-order valence-corrected chi connectivity index (χ0v) is 8.48. The predicted octanol–water partition coefficient (Wildman–Crippen LogP) is 2.47. The standard InChI is InChI=1S/C9H18F2O2/c1-4-5-12-6-9(10,11)7-13-8(2)3/h8H,4-7H2,1-3H3. The minimum Gasteiger partial charge on any atom is -0.375 e. The molecule has 4 heteroatoms. The van der Waals surface area contributed by atoms with Crippen molar-refractivity contribution in [1.29, 1.82) is 0 Å². The Morgan fingerprint density at radius 2 is 1.85 bits per heavy atom. The highest BCUT2D eigenvalue weighted by molar-refractivity contribution is 4.64. The SMILES string of the molecule is CCCOCC(F)(F)COC(C)C. The first-order chi connectivity index (χ1) is 5.98. The van der Waals surface area contributed by atoms with Gasteiger partial charge in [-0.25, -0.2) is 8.78 Å². The molecular weight excluding hydrogens is 178 g/mol. The van der Waals surface area contributed by atoms with E-state index in [0.717, 1.165) is 6.42 Å². The molecule has 0 heterocycles. The lowest BCUT2D eigenvalue weighted by Crippen LogP contribution is -2.31. The first kappa shape index (κ1) is 12.8. The maximum atomic E-state index is 12.9. The lowest BCUT2D eigenvalue weighted by Gasteiger charge is -2.17. The molecule has 0 fully saturated rings. The quantitative estimate of drug-likeness (QED) is 0.582. The molecular formula is C9H18F2O2. The highest BCUT2D eigenvalue weighted by atomic mass is 19.3. The average Bonchev–Trinajstić information content (AvgIpc) is 2.02. The van der Waals surface area contributed by atoms with Crippen LogP contribution in [0.25, 0.3) is 0 Å². The number of alkyl halides is 2. The van der Waals surface area contributed by atoms with Crippen LogP contribution in [-0.4, -0.2) is 31.8 Å². The minimum absolute atomic E-state index is 0.169. The molecule has 13 heavy (non-hydrogen) atoms. The maximum absolute atomic E-state index is 12.9. The van der Waals surface area contributed by atoms with Gasteiger partial charge in [-0.2, -0.15) is 0 Å². The van der Waals surface area contributed by atoms with Gasteiger partial charge in [0.15, 0.2) is 0 Å². The topological polar surface area (TPSA) is 18.5 Å². The van der Waals surface area contributed by atoms with E-state index in [4.69, 9.17) is 9.47 Å². The highest BCUT2D eigenvalue weighted by Crippen LogP contribution is 2.15. The molecule has 0 rings (SSSR count). The van der Waals surface area contributed by atoms with Crippen molar-refractivity contribution >= 4 is 0 Å². The van der Waals surface area contributed by atoms with Crippen molar-refractivity contribution in [2.75, 3.05) is 19.8 Å². The van der Waals surface area contributed by atoms with Gasteiger partial charge in [-0.05, 0) is 20.3 Å². The fourth-order valence-corrected chi connectivity index (χ4v) is 0.696. The molecule has 0 N–H and O–H groups in total.